The molecule has 16 heavy (non-hydrogen) atoms. The first-order valence-corrected chi connectivity index (χ1v) is 6.25. The predicted molar refractivity (Wildman–Crippen MR) is 67.0 cm³/mol. The first-order valence-electron chi connectivity index (χ1n) is 6.25. The summed E-state index contributed by atoms with van der Waals surface area (Å²) in [6.45, 7) is 13.5. The molecule has 4 nitrogen and oxygen atoms in total. The number of nitrogens with one attached hydrogen (secondary N) is 2. The highest BCUT2D eigenvalue weighted by Gasteiger charge is 2.26. The Kier molecular flexibility index (Phi) is 3.28. The van der Waals surface area contributed by atoms with Crippen LogP contribution in [0.1, 0.15) is 20.8 Å². The van der Waals surface area contributed by atoms with Crippen LogP contribution in [0.25, 0.3) is 0 Å². The summed E-state index contributed by atoms with van der Waals surface area (Å²) in [6.07, 6.45) is 2.11. The Hall–Kier alpha value is -0.900. The highest BCUT2D eigenvalue weighted by atomic mass is 15.3. The van der Waals surface area contributed by atoms with Crippen LogP contribution in [0.2, 0.25) is 0 Å². The van der Waals surface area contributed by atoms with E-state index in [1.54, 1.807) is 0 Å². The highest BCUT2D eigenvalue weighted by molar-refractivity contribution is 5.03. The zero-order valence-electron chi connectivity index (χ0n) is 10.7. The van der Waals surface area contributed by atoms with Gasteiger partial charge in [0.2, 0.25) is 0 Å². The van der Waals surface area contributed by atoms with Crippen molar-refractivity contribution in [3.05, 3.63) is 12.0 Å². The minimum Gasteiger partial charge on any atom is -0.386 e. The summed E-state index contributed by atoms with van der Waals surface area (Å²) in [6, 6.07) is 0. The van der Waals surface area contributed by atoms with Gasteiger partial charge in [0.05, 0.1) is 0 Å². The molecule has 0 unspecified atom stereocenters. The van der Waals surface area contributed by atoms with Gasteiger partial charge in [-0.3, -0.25) is 4.90 Å². The lowest BCUT2D eigenvalue weighted by Gasteiger charge is -2.44. The number of piperazine rings is 1. The fraction of sp³-hybridized carbons (Fsp3) is 0.833. The molecular formula is C12H24N4. The van der Waals surface area contributed by atoms with Gasteiger partial charge >= 0.3 is 0 Å². The van der Waals surface area contributed by atoms with E-state index in [-0.39, 0.29) is 0 Å². The van der Waals surface area contributed by atoms with Crippen molar-refractivity contribution in [1.82, 2.24) is 20.4 Å². The largest absolute Gasteiger partial charge is 0.386 e. The van der Waals surface area contributed by atoms with Crippen LogP contribution >= 0.6 is 0 Å². The Morgan fingerprint density at radius 3 is 2.25 bits per heavy atom. The van der Waals surface area contributed by atoms with Crippen LogP contribution in [-0.4, -0.2) is 54.6 Å². The Morgan fingerprint density at radius 2 is 1.75 bits per heavy atom. The lowest BCUT2D eigenvalue weighted by molar-refractivity contribution is 0.0726. The molecule has 0 bridgehead atoms. The van der Waals surface area contributed by atoms with E-state index in [9.17, 15) is 0 Å². The van der Waals surface area contributed by atoms with Gasteiger partial charge in [-0.1, -0.05) is 0 Å². The summed E-state index contributed by atoms with van der Waals surface area (Å²) in [5.41, 5.74) is 0.304. The first-order chi connectivity index (χ1) is 7.57. The summed E-state index contributed by atoms with van der Waals surface area (Å²) in [5.74, 6) is 1.26. The average Bonchev–Trinajstić information content (AvgIpc) is 2.29. The minimum atomic E-state index is 0.304. The zero-order chi connectivity index (χ0) is 11.6. The SMILES string of the molecule is CC(C)(C)N1CCN(C2=CNCCN2)CC1. The molecule has 0 aromatic heterocycles. The Balaban J connectivity index is 1.87. The van der Waals surface area contributed by atoms with Gasteiger partial charge in [-0.2, -0.15) is 0 Å². The van der Waals surface area contributed by atoms with Gasteiger partial charge in [0, 0.05) is 51.0 Å². The van der Waals surface area contributed by atoms with Crippen molar-refractivity contribution in [1.29, 1.82) is 0 Å². The molecule has 4 heteroatoms. The Labute approximate surface area is 98.7 Å². The van der Waals surface area contributed by atoms with Gasteiger partial charge in [-0.05, 0) is 20.8 Å². The normalized spacial score (nSPS) is 23.4. The molecule has 0 aromatic rings. The van der Waals surface area contributed by atoms with E-state index in [0.717, 1.165) is 39.3 Å². The van der Waals surface area contributed by atoms with Gasteiger partial charge in [-0.25, -0.2) is 0 Å². The van der Waals surface area contributed by atoms with E-state index >= 15 is 0 Å². The molecule has 0 radical (unpaired) electrons. The van der Waals surface area contributed by atoms with E-state index in [2.05, 4.69) is 47.4 Å². The van der Waals surface area contributed by atoms with E-state index in [1.165, 1.54) is 5.82 Å². The smallest absolute Gasteiger partial charge is 0.118 e. The second-order valence-corrected chi connectivity index (χ2v) is 5.56. The van der Waals surface area contributed by atoms with E-state index in [4.69, 9.17) is 0 Å². The molecule has 92 valence electrons. The molecule has 1 saturated heterocycles. The van der Waals surface area contributed by atoms with Crippen LogP contribution in [0.4, 0.5) is 0 Å². The molecule has 0 aromatic carbocycles. The van der Waals surface area contributed by atoms with Crippen LogP contribution in [0.15, 0.2) is 12.0 Å². The molecule has 2 rings (SSSR count). The molecule has 2 N–H and O–H groups in total. The molecule has 1 fully saturated rings. The van der Waals surface area contributed by atoms with Gasteiger partial charge in [0.1, 0.15) is 5.82 Å². The third kappa shape index (κ3) is 2.61. The van der Waals surface area contributed by atoms with E-state index in [1.807, 2.05) is 0 Å². The fourth-order valence-corrected chi connectivity index (χ4v) is 2.30. The lowest BCUT2D eigenvalue weighted by atomic mass is 10.1. The van der Waals surface area contributed by atoms with Gasteiger partial charge < -0.3 is 15.5 Å². The van der Waals surface area contributed by atoms with Crippen LogP contribution < -0.4 is 10.6 Å². The quantitative estimate of drug-likeness (QED) is 0.675. The number of hydrogen-bond acceptors (Lipinski definition) is 4. The molecule has 0 amide bonds. The van der Waals surface area contributed by atoms with Gasteiger partial charge in [-0.15, -0.1) is 0 Å². The van der Waals surface area contributed by atoms with Gasteiger partial charge in [0.15, 0.2) is 0 Å². The summed E-state index contributed by atoms with van der Waals surface area (Å²) in [4.78, 5) is 4.99. The van der Waals surface area contributed by atoms with Crippen molar-refractivity contribution in [3.8, 4) is 0 Å². The molecular weight excluding hydrogens is 200 g/mol. The van der Waals surface area contributed by atoms with E-state index in [0.29, 0.717) is 5.54 Å². The maximum Gasteiger partial charge on any atom is 0.118 e. The molecule has 0 saturated carbocycles. The van der Waals surface area contributed by atoms with Crippen molar-refractivity contribution in [2.45, 2.75) is 26.3 Å². The zero-order valence-corrected chi connectivity index (χ0v) is 10.7. The summed E-state index contributed by atoms with van der Waals surface area (Å²) >= 11 is 0. The number of hydrogen-bond donors (Lipinski definition) is 2. The van der Waals surface area contributed by atoms with Crippen molar-refractivity contribution in [2.24, 2.45) is 0 Å². The standard InChI is InChI=1S/C12H24N4/c1-12(2,3)16-8-6-15(7-9-16)11-10-13-4-5-14-11/h10,13-14H,4-9H2,1-3H3. The highest BCUT2D eigenvalue weighted by Crippen LogP contribution is 2.17. The third-order valence-corrected chi connectivity index (χ3v) is 3.38. The second-order valence-electron chi connectivity index (χ2n) is 5.56. The third-order valence-electron chi connectivity index (χ3n) is 3.38. The Morgan fingerprint density at radius 1 is 1.06 bits per heavy atom. The molecule has 0 spiro atoms. The molecule has 0 atom stereocenters. The van der Waals surface area contributed by atoms with Crippen LogP contribution in [0, 0.1) is 0 Å². The maximum absolute atomic E-state index is 3.45. The van der Waals surface area contributed by atoms with Crippen molar-refractivity contribution < 1.29 is 0 Å². The Bertz CT molecular complexity index is 259. The van der Waals surface area contributed by atoms with E-state index < -0.39 is 0 Å². The summed E-state index contributed by atoms with van der Waals surface area (Å²) in [7, 11) is 0. The second kappa shape index (κ2) is 4.53. The summed E-state index contributed by atoms with van der Waals surface area (Å²) < 4.78 is 0. The number of nitrogens with zero attached hydrogens (tertiary/aromatic N) is 2. The lowest BCUT2D eigenvalue weighted by Crippen LogP contribution is -2.54. The first kappa shape index (κ1) is 11.6. The molecule has 0 aliphatic carbocycles. The monoisotopic (exact) mass is 224 g/mol. The maximum atomic E-state index is 3.45. The number of rotatable bonds is 1. The molecule has 2 heterocycles. The topological polar surface area (TPSA) is 30.5 Å². The van der Waals surface area contributed by atoms with Crippen molar-refractivity contribution in [3.63, 3.8) is 0 Å². The predicted octanol–water partition coefficient (Wildman–Crippen LogP) is 0.394. The van der Waals surface area contributed by atoms with Crippen LogP contribution in [-0.2, 0) is 0 Å². The van der Waals surface area contributed by atoms with Crippen LogP contribution in [0.5, 0.6) is 0 Å². The van der Waals surface area contributed by atoms with Gasteiger partial charge in [0.25, 0.3) is 0 Å². The van der Waals surface area contributed by atoms with Crippen molar-refractivity contribution in [2.75, 3.05) is 39.3 Å². The van der Waals surface area contributed by atoms with Crippen LogP contribution in [0.3, 0.4) is 0 Å². The molecule has 2 aliphatic rings. The average molecular weight is 224 g/mol. The fourth-order valence-electron chi connectivity index (χ4n) is 2.30. The summed E-state index contributed by atoms with van der Waals surface area (Å²) in [5, 5.41) is 6.74. The minimum absolute atomic E-state index is 0.304. The van der Waals surface area contributed by atoms with Crippen molar-refractivity contribution >= 4 is 0 Å². The molecule has 2 aliphatic heterocycles.